The van der Waals surface area contributed by atoms with Gasteiger partial charge in [0.2, 0.25) is 5.91 Å². The Kier molecular flexibility index (Phi) is 5.12. The van der Waals surface area contributed by atoms with Gasteiger partial charge in [0.1, 0.15) is 0 Å². The number of hydrogen-bond donors (Lipinski definition) is 4. The molecule has 1 aromatic carbocycles. The smallest absolute Gasteiger partial charge is 0.225 e. The van der Waals surface area contributed by atoms with Crippen LogP contribution in [0.25, 0.3) is 0 Å². The Morgan fingerprint density at radius 2 is 2.06 bits per heavy atom. The van der Waals surface area contributed by atoms with Gasteiger partial charge in [-0.1, -0.05) is 19.1 Å². The Labute approximate surface area is 107 Å². The van der Waals surface area contributed by atoms with Gasteiger partial charge in [0.25, 0.3) is 0 Å². The lowest BCUT2D eigenvalue weighted by Gasteiger charge is -2.29. The molecule has 0 aliphatic heterocycles. The molecule has 0 unspecified atom stereocenters. The van der Waals surface area contributed by atoms with Gasteiger partial charge in [0.15, 0.2) is 0 Å². The summed E-state index contributed by atoms with van der Waals surface area (Å²) in [5, 5.41) is 21.1. The molecule has 1 rings (SSSR count). The molecule has 5 N–H and O–H groups in total. The van der Waals surface area contributed by atoms with Crippen LogP contribution in [0.3, 0.4) is 0 Å². The van der Waals surface area contributed by atoms with Crippen molar-refractivity contribution in [2.24, 2.45) is 0 Å². The summed E-state index contributed by atoms with van der Waals surface area (Å²) in [6.07, 6.45) is 0.634. The molecule has 1 amide bonds. The summed E-state index contributed by atoms with van der Waals surface area (Å²) >= 11 is 0. The van der Waals surface area contributed by atoms with E-state index < -0.39 is 5.54 Å². The van der Waals surface area contributed by atoms with Crippen molar-refractivity contribution in [2.75, 3.05) is 18.9 Å². The van der Waals surface area contributed by atoms with E-state index in [-0.39, 0.29) is 25.5 Å². The van der Waals surface area contributed by atoms with Gasteiger partial charge in [0, 0.05) is 5.69 Å². The van der Waals surface area contributed by atoms with E-state index in [1.165, 1.54) is 0 Å². The van der Waals surface area contributed by atoms with Gasteiger partial charge >= 0.3 is 0 Å². The van der Waals surface area contributed by atoms with Crippen molar-refractivity contribution < 1.29 is 15.0 Å². The molecule has 0 fully saturated rings. The number of aliphatic hydroxyl groups is 2. The first-order valence-corrected chi connectivity index (χ1v) is 5.92. The van der Waals surface area contributed by atoms with E-state index in [0.29, 0.717) is 12.1 Å². The van der Waals surface area contributed by atoms with Crippen molar-refractivity contribution in [2.45, 2.75) is 25.3 Å². The molecule has 18 heavy (non-hydrogen) atoms. The average Bonchev–Trinajstić information content (AvgIpc) is 2.36. The Bertz CT molecular complexity index is 395. The minimum absolute atomic E-state index is 0.173. The minimum atomic E-state index is -0.947. The number of anilines is 1. The number of nitrogens with one attached hydrogen (secondary N) is 1. The molecule has 0 atom stereocenters. The Morgan fingerprint density at radius 1 is 1.39 bits per heavy atom. The van der Waals surface area contributed by atoms with Crippen LogP contribution in [0.2, 0.25) is 0 Å². The highest BCUT2D eigenvalue weighted by atomic mass is 16.3. The van der Waals surface area contributed by atoms with Crippen LogP contribution >= 0.6 is 0 Å². The van der Waals surface area contributed by atoms with Gasteiger partial charge in [-0.25, -0.2) is 0 Å². The van der Waals surface area contributed by atoms with E-state index >= 15 is 0 Å². The van der Waals surface area contributed by atoms with Crippen LogP contribution in [0.15, 0.2) is 24.3 Å². The van der Waals surface area contributed by atoms with E-state index in [2.05, 4.69) is 5.32 Å². The molecule has 0 radical (unpaired) electrons. The Balaban J connectivity index is 2.66. The summed E-state index contributed by atoms with van der Waals surface area (Å²) in [5.41, 5.74) is 6.08. The van der Waals surface area contributed by atoms with E-state index in [1.807, 2.05) is 6.07 Å². The number of nitrogens with two attached hydrogens (primary N) is 1. The van der Waals surface area contributed by atoms with Crippen LogP contribution in [0.5, 0.6) is 0 Å². The van der Waals surface area contributed by atoms with Crippen LogP contribution in [0.1, 0.15) is 18.9 Å². The number of rotatable bonds is 6. The number of benzene rings is 1. The molecule has 0 saturated heterocycles. The van der Waals surface area contributed by atoms with Crippen LogP contribution in [-0.4, -0.2) is 34.9 Å². The lowest BCUT2D eigenvalue weighted by molar-refractivity contribution is -0.123. The minimum Gasteiger partial charge on any atom is -0.399 e. The second kappa shape index (κ2) is 6.37. The molecule has 0 aromatic heterocycles. The third kappa shape index (κ3) is 3.72. The number of carbonyl (C=O) groups is 1. The van der Waals surface area contributed by atoms with Gasteiger partial charge in [-0.2, -0.15) is 0 Å². The zero-order chi connectivity index (χ0) is 13.6. The predicted octanol–water partition coefficient (Wildman–Crippen LogP) is 0.0609. The van der Waals surface area contributed by atoms with E-state index in [4.69, 9.17) is 5.73 Å². The lowest BCUT2D eigenvalue weighted by Crippen LogP contribution is -2.54. The number of carbonyl (C=O) groups excluding carboxylic acids is 1. The third-order valence-corrected chi connectivity index (χ3v) is 3.00. The number of nitrogen functional groups attached to an aromatic ring is 1. The fraction of sp³-hybridized carbons (Fsp3) is 0.462. The number of aliphatic hydroxyl groups excluding tert-OH is 2. The second-order valence-electron chi connectivity index (χ2n) is 4.42. The number of hydrogen-bond acceptors (Lipinski definition) is 4. The maximum Gasteiger partial charge on any atom is 0.225 e. The highest BCUT2D eigenvalue weighted by Crippen LogP contribution is 2.11. The zero-order valence-corrected chi connectivity index (χ0v) is 10.5. The predicted molar refractivity (Wildman–Crippen MR) is 69.9 cm³/mol. The van der Waals surface area contributed by atoms with Gasteiger partial charge in [-0.15, -0.1) is 0 Å². The standard InChI is InChI=1S/C13H20N2O3/c1-2-13(8-16,9-17)15-12(18)7-10-4-3-5-11(14)6-10/h3-6,16-17H,2,7-9,14H2,1H3,(H,15,18). The summed E-state index contributed by atoms with van der Waals surface area (Å²) in [4.78, 5) is 11.8. The Hall–Kier alpha value is -1.59. The third-order valence-electron chi connectivity index (χ3n) is 3.00. The largest absolute Gasteiger partial charge is 0.399 e. The fourth-order valence-electron chi connectivity index (χ4n) is 1.67. The highest BCUT2D eigenvalue weighted by Gasteiger charge is 2.28. The molecule has 100 valence electrons. The molecule has 0 saturated carbocycles. The van der Waals surface area contributed by atoms with Crippen molar-refractivity contribution in [3.05, 3.63) is 29.8 Å². The van der Waals surface area contributed by atoms with Crippen molar-refractivity contribution in [1.82, 2.24) is 5.32 Å². The first-order chi connectivity index (χ1) is 8.55. The van der Waals surface area contributed by atoms with Crippen LogP contribution in [0.4, 0.5) is 5.69 Å². The second-order valence-corrected chi connectivity index (χ2v) is 4.42. The van der Waals surface area contributed by atoms with Crippen LogP contribution in [-0.2, 0) is 11.2 Å². The van der Waals surface area contributed by atoms with E-state index in [1.54, 1.807) is 25.1 Å². The first-order valence-electron chi connectivity index (χ1n) is 5.92. The molecule has 0 aliphatic rings. The van der Waals surface area contributed by atoms with E-state index in [0.717, 1.165) is 5.56 Å². The SMILES string of the molecule is CCC(CO)(CO)NC(=O)Cc1cccc(N)c1. The zero-order valence-electron chi connectivity index (χ0n) is 10.5. The summed E-state index contributed by atoms with van der Waals surface area (Å²) in [6.45, 7) is 1.22. The monoisotopic (exact) mass is 252 g/mol. The maximum absolute atomic E-state index is 11.8. The van der Waals surface area contributed by atoms with Crippen molar-refractivity contribution in [3.63, 3.8) is 0 Å². The maximum atomic E-state index is 11.8. The van der Waals surface area contributed by atoms with Gasteiger partial charge < -0.3 is 21.3 Å². The van der Waals surface area contributed by atoms with Crippen LogP contribution < -0.4 is 11.1 Å². The molecule has 0 bridgehead atoms. The Morgan fingerprint density at radius 3 is 2.56 bits per heavy atom. The topological polar surface area (TPSA) is 95.6 Å². The van der Waals surface area contributed by atoms with Gasteiger partial charge in [-0.3, -0.25) is 4.79 Å². The van der Waals surface area contributed by atoms with Gasteiger partial charge in [-0.05, 0) is 24.1 Å². The lowest BCUT2D eigenvalue weighted by atomic mass is 9.98. The summed E-state index contributed by atoms with van der Waals surface area (Å²) in [7, 11) is 0. The summed E-state index contributed by atoms with van der Waals surface area (Å²) in [6, 6.07) is 7.06. The van der Waals surface area contributed by atoms with Crippen molar-refractivity contribution in [1.29, 1.82) is 0 Å². The molecule has 0 aliphatic carbocycles. The molecular weight excluding hydrogens is 232 g/mol. The normalized spacial score (nSPS) is 11.3. The summed E-state index contributed by atoms with van der Waals surface area (Å²) < 4.78 is 0. The molecule has 5 nitrogen and oxygen atoms in total. The average molecular weight is 252 g/mol. The van der Waals surface area contributed by atoms with Crippen LogP contribution in [0, 0.1) is 0 Å². The number of amides is 1. The molecule has 5 heteroatoms. The summed E-state index contributed by atoms with van der Waals surface area (Å²) in [5.74, 6) is -0.245. The quantitative estimate of drug-likeness (QED) is 0.538. The van der Waals surface area contributed by atoms with Crippen molar-refractivity contribution >= 4 is 11.6 Å². The highest BCUT2D eigenvalue weighted by molar-refractivity contribution is 5.79. The van der Waals surface area contributed by atoms with Gasteiger partial charge in [0.05, 0.1) is 25.2 Å². The molecular formula is C13H20N2O3. The van der Waals surface area contributed by atoms with Crippen molar-refractivity contribution in [3.8, 4) is 0 Å². The molecule has 1 aromatic rings. The fourth-order valence-corrected chi connectivity index (χ4v) is 1.67. The molecule has 0 spiro atoms. The first kappa shape index (κ1) is 14.5. The molecule has 0 heterocycles. The van der Waals surface area contributed by atoms with E-state index in [9.17, 15) is 15.0 Å².